The third-order valence-electron chi connectivity index (χ3n) is 0.937. The molecule has 0 fully saturated rings. The van der Waals surface area contributed by atoms with E-state index >= 15 is 0 Å². The maximum atomic E-state index is 8.17. The Hall–Kier alpha value is -1.14. The van der Waals surface area contributed by atoms with Gasteiger partial charge in [0, 0.05) is 17.2 Å². The summed E-state index contributed by atoms with van der Waals surface area (Å²) in [5.41, 5.74) is 1.00. The SMILES string of the molecule is Cc1csc(/C=C/C#N)n1. The highest BCUT2D eigenvalue weighted by Gasteiger charge is 1.90. The van der Waals surface area contributed by atoms with Gasteiger partial charge >= 0.3 is 0 Å². The fourth-order valence-electron chi connectivity index (χ4n) is 0.557. The molecule has 0 saturated heterocycles. The first-order valence-electron chi connectivity index (χ1n) is 2.81. The van der Waals surface area contributed by atoms with Crippen molar-refractivity contribution >= 4 is 17.4 Å². The molecule has 0 radical (unpaired) electrons. The van der Waals surface area contributed by atoms with Crippen molar-refractivity contribution in [1.29, 1.82) is 5.26 Å². The first-order valence-corrected chi connectivity index (χ1v) is 3.69. The van der Waals surface area contributed by atoms with Crippen LogP contribution in [0.3, 0.4) is 0 Å². The Morgan fingerprint density at radius 1 is 1.80 bits per heavy atom. The summed E-state index contributed by atoms with van der Waals surface area (Å²) in [5.74, 6) is 0. The molecule has 0 aromatic carbocycles. The van der Waals surface area contributed by atoms with Crippen LogP contribution in [0.2, 0.25) is 0 Å². The highest BCUT2D eigenvalue weighted by atomic mass is 32.1. The lowest BCUT2D eigenvalue weighted by Gasteiger charge is -1.75. The summed E-state index contributed by atoms with van der Waals surface area (Å²) in [6, 6.07) is 1.91. The standard InChI is InChI=1S/C7H6N2S/c1-6-5-10-7(9-6)3-2-4-8/h2-3,5H,1H3/b3-2+. The highest BCUT2D eigenvalue weighted by molar-refractivity contribution is 7.10. The van der Waals surface area contributed by atoms with Gasteiger partial charge in [0.2, 0.25) is 0 Å². The Morgan fingerprint density at radius 3 is 3.10 bits per heavy atom. The summed E-state index contributed by atoms with van der Waals surface area (Å²) in [6.07, 6.45) is 3.13. The number of thiazole rings is 1. The van der Waals surface area contributed by atoms with Gasteiger partial charge < -0.3 is 0 Å². The van der Waals surface area contributed by atoms with E-state index in [1.807, 2.05) is 18.4 Å². The maximum absolute atomic E-state index is 8.17. The third-order valence-corrected chi connectivity index (χ3v) is 1.87. The van der Waals surface area contributed by atoms with Gasteiger partial charge in [-0.2, -0.15) is 5.26 Å². The van der Waals surface area contributed by atoms with E-state index in [2.05, 4.69) is 4.98 Å². The molecule has 0 aliphatic rings. The minimum atomic E-state index is 0.888. The first-order chi connectivity index (χ1) is 4.83. The lowest BCUT2D eigenvalue weighted by molar-refractivity contribution is 1.25. The number of nitriles is 1. The number of hydrogen-bond acceptors (Lipinski definition) is 3. The molecule has 0 amide bonds. The van der Waals surface area contributed by atoms with Crippen LogP contribution >= 0.6 is 11.3 Å². The lowest BCUT2D eigenvalue weighted by Crippen LogP contribution is -1.69. The van der Waals surface area contributed by atoms with E-state index in [1.54, 1.807) is 17.4 Å². The maximum Gasteiger partial charge on any atom is 0.117 e. The van der Waals surface area contributed by atoms with Gasteiger partial charge in [-0.25, -0.2) is 4.98 Å². The fourth-order valence-corrected chi connectivity index (χ4v) is 1.24. The molecule has 1 aromatic rings. The van der Waals surface area contributed by atoms with Crippen molar-refractivity contribution < 1.29 is 0 Å². The van der Waals surface area contributed by atoms with Crippen molar-refractivity contribution in [2.45, 2.75) is 6.92 Å². The molecular weight excluding hydrogens is 144 g/mol. The van der Waals surface area contributed by atoms with E-state index in [-0.39, 0.29) is 0 Å². The Morgan fingerprint density at radius 2 is 2.60 bits per heavy atom. The van der Waals surface area contributed by atoms with E-state index in [4.69, 9.17) is 5.26 Å². The smallest absolute Gasteiger partial charge is 0.117 e. The van der Waals surface area contributed by atoms with Gasteiger partial charge in [-0.3, -0.25) is 0 Å². The third kappa shape index (κ3) is 1.67. The van der Waals surface area contributed by atoms with Crippen LogP contribution in [0.25, 0.3) is 6.08 Å². The quantitative estimate of drug-likeness (QED) is 0.574. The minimum Gasteiger partial charge on any atom is -0.242 e. The molecule has 0 saturated carbocycles. The molecule has 1 rings (SSSR count). The molecule has 0 spiro atoms. The molecule has 10 heavy (non-hydrogen) atoms. The molecule has 0 aliphatic heterocycles. The van der Waals surface area contributed by atoms with Gasteiger partial charge in [-0.15, -0.1) is 11.3 Å². The molecule has 3 heteroatoms. The number of nitrogens with zero attached hydrogens (tertiary/aromatic N) is 2. The molecule has 0 atom stereocenters. The van der Waals surface area contributed by atoms with Crippen molar-refractivity contribution in [3.8, 4) is 6.07 Å². The molecule has 2 nitrogen and oxygen atoms in total. The van der Waals surface area contributed by atoms with Gasteiger partial charge in [0.1, 0.15) is 5.01 Å². The number of allylic oxidation sites excluding steroid dienone is 1. The van der Waals surface area contributed by atoms with Crippen LogP contribution in [0.4, 0.5) is 0 Å². The van der Waals surface area contributed by atoms with Crippen molar-refractivity contribution in [1.82, 2.24) is 4.98 Å². The van der Waals surface area contributed by atoms with Gasteiger partial charge in [-0.05, 0) is 13.0 Å². The first kappa shape index (κ1) is 6.97. The van der Waals surface area contributed by atoms with E-state index in [9.17, 15) is 0 Å². The predicted octanol–water partition coefficient (Wildman–Crippen LogP) is 1.99. The molecule has 0 N–H and O–H groups in total. The second-order valence-corrected chi connectivity index (χ2v) is 2.68. The number of hydrogen-bond donors (Lipinski definition) is 0. The van der Waals surface area contributed by atoms with Gasteiger partial charge in [0.05, 0.1) is 6.07 Å². The summed E-state index contributed by atoms with van der Waals surface area (Å²) in [5, 5.41) is 11.0. The average molecular weight is 150 g/mol. The van der Waals surface area contributed by atoms with Crippen LogP contribution in [-0.2, 0) is 0 Å². The Bertz CT molecular complexity index is 280. The number of aryl methyl sites for hydroxylation is 1. The lowest BCUT2D eigenvalue weighted by atomic mass is 10.5. The van der Waals surface area contributed by atoms with Crippen LogP contribution in [-0.4, -0.2) is 4.98 Å². The normalized spacial score (nSPS) is 10.0. The summed E-state index contributed by atoms with van der Waals surface area (Å²) in [7, 11) is 0. The van der Waals surface area contributed by atoms with Gasteiger partial charge in [-0.1, -0.05) is 0 Å². The van der Waals surface area contributed by atoms with Gasteiger partial charge in [0.15, 0.2) is 0 Å². The second-order valence-electron chi connectivity index (χ2n) is 1.79. The minimum absolute atomic E-state index is 0.888. The zero-order valence-corrected chi connectivity index (χ0v) is 6.35. The monoisotopic (exact) mass is 150 g/mol. The summed E-state index contributed by atoms with van der Waals surface area (Å²) in [6.45, 7) is 1.93. The van der Waals surface area contributed by atoms with E-state index in [0.717, 1.165) is 10.7 Å². The summed E-state index contributed by atoms with van der Waals surface area (Å²) in [4.78, 5) is 4.13. The van der Waals surface area contributed by atoms with E-state index in [1.165, 1.54) is 6.08 Å². The predicted molar refractivity (Wildman–Crippen MR) is 41.5 cm³/mol. The molecular formula is C7H6N2S. The Labute approximate surface area is 63.5 Å². The van der Waals surface area contributed by atoms with Crippen LogP contribution < -0.4 is 0 Å². The Balaban J connectivity index is 2.78. The molecule has 1 aromatic heterocycles. The topological polar surface area (TPSA) is 36.7 Å². The van der Waals surface area contributed by atoms with Crippen LogP contribution in [0.1, 0.15) is 10.7 Å². The van der Waals surface area contributed by atoms with Crippen LogP contribution in [0, 0.1) is 18.3 Å². The molecule has 50 valence electrons. The van der Waals surface area contributed by atoms with Crippen LogP contribution in [0.15, 0.2) is 11.5 Å². The van der Waals surface area contributed by atoms with Crippen molar-refractivity contribution in [2.24, 2.45) is 0 Å². The summed E-state index contributed by atoms with van der Waals surface area (Å²) >= 11 is 1.54. The van der Waals surface area contributed by atoms with Crippen LogP contribution in [0.5, 0.6) is 0 Å². The fraction of sp³-hybridized carbons (Fsp3) is 0.143. The van der Waals surface area contributed by atoms with E-state index < -0.39 is 0 Å². The van der Waals surface area contributed by atoms with Crippen molar-refractivity contribution in [3.05, 3.63) is 22.2 Å². The number of aromatic nitrogens is 1. The molecule has 0 unspecified atom stereocenters. The Kier molecular flexibility index (Phi) is 2.19. The zero-order chi connectivity index (χ0) is 7.40. The molecule has 1 heterocycles. The summed E-state index contributed by atoms with van der Waals surface area (Å²) < 4.78 is 0. The van der Waals surface area contributed by atoms with Gasteiger partial charge in [0.25, 0.3) is 0 Å². The van der Waals surface area contributed by atoms with Crippen molar-refractivity contribution in [3.63, 3.8) is 0 Å². The average Bonchev–Trinajstić information content (AvgIpc) is 2.31. The number of rotatable bonds is 1. The molecule has 0 bridgehead atoms. The zero-order valence-electron chi connectivity index (χ0n) is 5.53. The second kappa shape index (κ2) is 3.14. The van der Waals surface area contributed by atoms with Crippen molar-refractivity contribution in [2.75, 3.05) is 0 Å². The van der Waals surface area contributed by atoms with E-state index in [0.29, 0.717) is 0 Å². The molecule has 0 aliphatic carbocycles. The highest BCUT2D eigenvalue weighted by Crippen LogP contribution is 2.09. The largest absolute Gasteiger partial charge is 0.242 e.